The Morgan fingerprint density at radius 3 is 1.68 bits per heavy atom. The van der Waals surface area contributed by atoms with E-state index in [4.69, 9.17) is 104 Å². The van der Waals surface area contributed by atoms with Gasteiger partial charge in [0.25, 0.3) is 0 Å². The highest BCUT2D eigenvalue weighted by Crippen LogP contribution is 2.79. The van der Waals surface area contributed by atoms with Crippen LogP contribution in [0.2, 0.25) is 0 Å². The Kier molecular flexibility index (Phi) is 5.30. The van der Waals surface area contributed by atoms with Crippen LogP contribution in [0, 0.1) is 16.7 Å². The molecule has 0 nitrogen and oxygen atoms in total. The standard InChI is InChI=1S/C10H9Cl9/c11-1-8(2-12)3-4(13)6(15)9(8,7(16)17)10(18,19)5(3)14/h3-7H,1-2H2/t3-,4-,5+,6+,9-/m1/s1. The molecule has 0 amide bonds. The van der Waals surface area contributed by atoms with Gasteiger partial charge in [-0.2, -0.15) is 0 Å². The monoisotopic (exact) mass is 444 g/mol. The highest BCUT2D eigenvalue weighted by Gasteiger charge is 2.85. The fourth-order valence-electron chi connectivity index (χ4n) is 3.62. The van der Waals surface area contributed by atoms with Gasteiger partial charge in [-0.25, -0.2) is 0 Å². The van der Waals surface area contributed by atoms with Gasteiger partial charge in [0.15, 0.2) is 0 Å². The van der Waals surface area contributed by atoms with Gasteiger partial charge in [0.2, 0.25) is 0 Å². The van der Waals surface area contributed by atoms with Gasteiger partial charge < -0.3 is 0 Å². The molecule has 2 saturated carbocycles. The Morgan fingerprint density at radius 2 is 1.37 bits per heavy atom. The molecule has 2 aliphatic carbocycles. The SMILES string of the molecule is ClCC1(CCl)[C@@H]2[C@@H](Cl)[C@H](Cl)[C@]1(C(Cl)Cl)C(Cl)(Cl)[C@H]2Cl. The number of hydrogen-bond acceptors (Lipinski definition) is 0. The zero-order valence-electron chi connectivity index (χ0n) is 9.20. The first kappa shape index (κ1) is 18.0. The second-order valence-electron chi connectivity index (χ2n) is 4.99. The Labute approximate surface area is 157 Å². The lowest BCUT2D eigenvalue weighted by Crippen LogP contribution is -2.59. The summed E-state index contributed by atoms with van der Waals surface area (Å²) in [5, 5.41) is -1.88. The Bertz CT molecular complexity index is 366. The quantitative estimate of drug-likeness (QED) is 0.473. The van der Waals surface area contributed by atoms with Crippen LogP contribution in [-0.2, 0) is 0 Å². The predicted octanol–water partition coefficient (Wildman–Crippen LogP) is 5.88. The minimum absolute atomic E-state index is 0.119. The van der Waals surface area contributed by atoms with Crippen molar-refractivity contribution >= 4 is 104 Å². The second kappa shape index (κ2) is 5.60. The summed E-state index contributed by atoms with van der Waals surface area (Å²) in [6, 6.07) is 0. The minimum Gasteiger partial charge on any atom is -0.126 e. The molecule has 2 aliphatic rings. The van der Waals surface area contributed by atoms with E-state index in [0.717, 1.165) is 0 Å². The van der Waals surface area contributed by atoms with Crippen molar-refractivity contribution in [1.82, 2.24) is 0 Å². The number of alkyl halides is 9. The molecule has 0 aromatic rings. The molecular weight excluding hydrogens is 439 g/mol. The van der Waals surface area contributed by atoms with Crippen molar-refractivity contribution in [3.63, 3.8) is 0 Å². The molecule has 9 heteroatoms. The fraction of sp³-hybridized carbons (Fsp3) is 1.00. The van der Waals surface area contributed by atoms with E-state index in [1.54, 1.807) is 0 Å². The first-order valence-corrected chi connectivity index (χ1v) is 9.37. The molecule has 2 rings (SSSR count). The lowest BCUT2D eigenvalue weighted by Gasteiger charge is -2.49. The van der Waals surface area contributed by atoms with Crippen LogP contribution in [0.3, 0.4) is 0 Å². The number of rotatable bonds is 3. The molecule has 0 saturated heterocycles. The third kappa shape index (κ3) is 1.82. The van der Waals surface area contributed by atoms with Crippen LogP contribution in [0.25, 0.3) is 0 Å². The first-order valence-electron chi connectivity index (χ1n) is 5.37. The topological polar surface area (TPSA) is 0 Å². The highest BCUT2D eigenvalue weighted by atomic mass is 35.5. The van der Waals surface area contributed by atoms with Crippen molar-refractivity contribution in [3.05, 3.63) is 0 Å². The average Bonchev–Trinajstić information content (AvgIpc) is 2.63. The maximum Gasteiger partial charge on any atom is 0.145 e. The van der Waals surface area contributed by atoms with Crippen molar-refractivity contribution in [1.29, 1.82) is 0 Å². The highest BCUT2D eigenvalue weighted by molar-refractivity contribution is 6.57. The molecule has 0 unspecified atom stereocenters. The smallest absolute Gasteiger partial charge is 0.126 e. The number of halogens is 9. The maximum absolute atomic E-state index is 6.47. The van der Waals surface area contributed by atoms with E-state index < -0.39 is 36.1 Å². The van der Waals surface area contributed by atoms with Gasteiger partial charge >= 0.3 is 0 Å². The largest absolute Gasteiger partial charge is 0.145 e. The maximum atomic E-state index is 6.47. The lowest BCUT2D eigenvalue weighted by atomic mass is 9.69. The van der Waals surface area contributed by atoms with Crippen LogP contribution in [0.4, 0.5) is 0 Å². The molecule has 0 N–H and O–H groups in total. The Balaban J connectivity index is 2.76. The molecule has 0 spiro atoms. The average molecular weight is 448 g/mol. The van der Waals surface area contributed by atoms with E-state index >= 15 is 0 Å². The minimum atomic E-state index is -1.46. The first-order chi connectivity index (χ1) is 8.66. The molecule has 0 aliphatic heterocycles. The van der Waals surface area contributed by atoms with E-state index in [1.807, 2.05) is 0 Å². The van der Waals surface area contributed by atoms with Gasteiger partial charge in [-0.1, -0.05) is 23.2 Å². The van der Waals surface area contributed by atoms with Crippen LogP contribution in [0.1, 0.15) is 0 Å². The summed E-state index contributed by atoms with van der Waals surface area (Å²) in [5.41, 5.74) is -2.00. The van der Waals surface area contributed by atoms with Crippen LogP contribution in [0.5, 0.6) is 0 Å². The third-order valence-corrected chi connectivity index (χ3v) is 9.38. The molecule has 19 heavy (non-hydrogen) atoms. The summed E-state index contributed by atoms with van der Waals surface area (Å²) < 4.78 is -1.46. The van der Waals surface area contributed by atoms with Crippen molar-refractivity contribution in [2.75, 3.05) is 11.8 Å². The van der Waals surface area contributed by atoms with E-state index in [9.17, 15) is 0 Å². The molecule has 0 heterocycles. The molecule has 0 aromatic carbocycles. The molecule has 0 aromatic heterocycles. The van der Waals surface area contributed by atoms with Crippen LogP contribution < -0.4 is 0 Å². The van der Waals surface area contributed by atoms with Gasteiger partial charge in [0.1, 0.15) is 9.17 Å². The van der Waals surface area contributed by atoms with Crippen LogP contribution >= 0.6 is 104 Å². The summed E-state index contributed by atoms with van der Waals surface area (Å²) in [4.78, 5) is -1.00. The van der Waals surface area contributed by atoms with Gasteiger partial charge in [-0.05, 0) is 0 Å². The summed E-state index contributed by atoms with van der Waals surface area (Å²) >= 11 is 56.9. The number of fused-ring (bicyclic) bond motifs is 2. The molecule has 5 atom stereocenters. The Hall–Kier alpha value is 2.61. The normalized spacial score (nSPS) is 47.1. The zero-order chi connectivity index (χ0) is 14.8. The fourth-order valence-corrected chi connectivity index (χ4v) is 9.23. The zero-order valence-corrected chi connectivity index (χ0v) is 16.0. The molecular formula is C10H9Cl9. The van der Waals surface area contributed by atoms with Crippen molar-refractivity contribution in [2.45, 2.75) is 25.3 Å². The van der Waals surface area contributed by atoms with Gasteiger partial charge in [-0.15, -0.1) is 81.2 Å². The van der Waals surface area contributed by atoms with E-state index in [0.29, 0.717) is 0 Å². The van der Waals surface area contributed by atoms with E-state index in [1.165, 1.54) is 0 Å². The summed E-state index contributed by atoms with van der Waals surface area (Å²) in [7, 11) is 0. The summed E-state index contributed by atoms with van der Waals surface area (Å²) in [5.74, 6) is -0.134. The molecule has 2 bridgehead atoms. The number of hydrogen-bond donors (Lipinski definition) is 0. The third-order valence-electron chi connectivity index (χ3n) is 4.55. The lowest BCUT2D eigenvalue weighted by molar-refractivity contribution is 0.148. The van der Waals surface area contributed by atoms with Gasteiger partial charge in [-0.3, -0.25) is 0 Å². The molecule has 0 radical (unpaired) electrons. The van der Waals surface area contributed by atoms with E-state index in [2.05, 4.69) is 0 Å². The summed E-state index contributed by atoms with van der Waals surface area (Å²) in [6.07, 6.45) is 0. The molecule has 2 fully saturated rings. The summed E-state index contributed by atoms with van der Waals surface area (Å²) in [6.45, 7) is 0. The van der Waals surface area contributed by atoms with Crippen molar-refractivity contribution in [3.8, 4) is 0 Å². The van der Waals surface area contributed by atoms with Crippen LogP contribution in [-0.4, -0.2) is 37.1 Å². The predicted molar refractivity (Wildman–Crippen MR) is 88.7 cm³/mol. The second-order valence-corrected chi connectivity index (χ2v) is 9.45. The van der Waals surface area contributed by atoms with Crippen LogP contribution in [0.15, 0.2) is 0 Å². The van der Waals surface area contributed by atoms with E-state index in [-0.39, 0.29) is 17.7 Å². The van der Waals surface area contributed by atoms with Gasteiger partial charge in [0, 0.05) is 23.1 Å². The Morgan fingerprint density at radius 1 is 0.895 bits per heavy atom. The van der Waals surface area contributed by atoms with Crippen molar-refractivity contribution < 1.29 is 0 Å². The molecule has 112 valence electrons. The van der Waals surface area contributed by atoms with Gasteiger partial charge in [0.05, 0.1) is 21.5 Å². The van der Waals surface area contributed by atoms with Crippen molar-refractivity contribution in [2.24, 2.45) is 16.7 Å².